The fourth-order valence-electron chi connectivity index (χ4n) is 1.69. The Labute approximate surface area is 120 Å². The molecular formula is C12H12N2O6S. The van der Waals surface area contributed by atoms with Crippen molar-refractivity contribution in [3.05, 3.63) is 35.5 Å². The van der Waals surface area contributed by atoms with E-state index in [0.717, 1.165) is 6.07 Å². The lowest BCUT2D eigenvalue weighted by Gasteiger charge is -2.07. The highest BCUT2D eigenvalue weighted by molar-refractivity contribution is 7.90. The van der Waals surface area contributed by atoms with Crippen LogP contribution in [0.4, 0.5) is 0 Å². The van der Waals surface area contributed by atoms with Crippen LogP contribution >= 0.6 is 0 Å². The summed E-state index contributed by atoms with van der Waals surface area (Å²) in [7, 11) is -2.49. The minimum Gasteiger partial charge on any atom is -0.496 e. The number of aryl methyl sites for hydroxylation is 1. The molecule has 0 saturated heterocycles. The minimum absolute atomic E-state index is 0.0554. The molecule has 1 heterocycles. The van der Waals surface area contributed by atoms with E-state index in [0.29, 0.717) is 0 Å². The van der Waals surface area contributed by atoms with Crippen molar-refractivity contribution in [3.8, 4) is 5.75 Å². The second kappa shape index (κ2) is 5.52. The fourth-order valence-corrected chi connectivity index (χ4v) is 2.87. The molecule has 1 aromatic carbocycles. The Bertz CT molecular complexity index is 781. The molecule has 0 amide bonds. The zero-order valence-corrected chi connectivity index (χ0v) is 12.0. The van der Waals surface area contributed by atoms with Crippen molar-refractivity contribution >= 4 is 15.8 Å². The first-order valence-electron chi connectivity index (χ1n) is 5.76. The number of aromatic nitrogens is 2. The molecule has 0 spiro atoms. The maximum Gasteiger partial charge on any atom is 0.339 e. The molecule has 1 N–H and O–H groups in total. The highest BCUT2D eigenvalue weighted by Gasteiger charge is 2.22. The number of nitrogens with zero attached hydrogens (tertiary/aromatic N) is 2. The molecule has 0 bridgehead atoms. The molecule has 1 aromatic heterocycles. The van der Waals surface area contributed by atoms with Gasteiger partial charge >= 0.3 is 5.97 Å². The summed E-state index contributed by atoms with van der Waals surface area (Å²) in [5, 5.41) is 16.2. The van der Waals surface area contributed by atoms with Crippen molar-refractivity contribution in [1.29, 1.82) is 0 Å². The van der Waals surface area contributed by atoms with Gasteiger partial charge in [-0.05, 0) is 18.2 Å². The van der Waals surface area contributed by atoms with Crippen LogP contribution < -0.4 is 4.74 Å². The van der Waals surface area contributed by atoms with E-state index < -0.39 is 21.6 Å². The molecule has 8 nitrogen and oxygen atoms in total. The third-order valence-corrected chi connectivity index (χ3v) is 4.24. The fraction of sp³-hybridized carbons (Fsp3) is 0.250. The maximum atomic E-state index is 12.2. The number of hydrogen-bond donors (Lipinski definition) is 1. The van der Waals surface area contributed by atoms with Crippen LogP contribution in [0, 0.1) is 6.92 Å². The van der Waals surface area contributed by atoms with E-state index in [1.165, 1.54) is 19.2 Å². The van der Waals surface area contributed by atoms with Gasteiger partial charge in [-0.15, -0.1) is 10.2 Å². The normalized spacial score (nSPS) is 11.3. The lowest BCUT2D eigenvalue weighted by Crippen LogP contribution is -2.08. The van der Waals surface area contributed by atoms with Crippen molar-refractivity contribution in [3.63, 3.8) is 0 Å². The minimum atomic E-state index is -3.80. The summed E-state index contributed by atoms with van der Waals surface area (Å²) in [5.41, 5.74) is -0.236. The molecule has 2 aromatic rings. The van der Waals surface area contributed by atoms with E-state index in [1.54, 1.807) is 6.92 Å². The van der Waals surface area contributed by atoms with Gasteiger partial charge in [0.2, 0.25) is 11.8 Å². The highest BCUT2D eigenvalue weighted by Crippen LogP contribution is 2.24. The number of methoxy groups -OCH3 is 1. The number of carboxylic acid groups (broad SMARTS) is 1. The largest absolute Gasteiger partial charge is 0.496 e. The van der Waals surface area contributed by atoms with Gasteiger partial charge in [-0.2, -0.15) is 0 Å². The quantitative estimate of drug-likeness (QED) is 0.870. The van der Waals surface area contributed by atoms with E-state index in [-0.39, 0.29) is 28.0 Å². The van der Waals surface area contributed by atoms with Gasteiger partial charge in [-0.3, -0.25) is 0 Å². The second-order valence-corrected chi connectivity index (χ2v) is 6.13. The molecule has 0 aliphatic heterocycles. The third kappa shape index (κ3) is 3.19. The standard InChI is InChI=1S/C12H12N2O6S/c1-7-13-14-11(20-7)6-21(17,18)8-3-4-10(19-2)9(5-8)12(15)16/h3-5H,6H2,1-2H3,(H,15,16). The van der Waals surface area contributed by atoms with E-state index in [9.17, 15) is 13.2 Å². The molecule has 0 unspecified atom stereocenters. The van der Waals surface area contributed by atoms with E-state index in [2.05, 4.69) is 10.2 Å². The zero-order valence-electron chi connectivity index (χ0n) is 11.2. The van der Waals surface area contributed by atoms with E-state index in [4.69, 9.17) is 14.3 Å². The molecule has 9 heteroatoms. The summed E-state index contributed by atoms with van der Waals surface area (Å²) in [6.45, 7) is 1.54. The van der Waals surface area contributed by atoms with Gasteiger partial charge in [0.1, 0.15) is 17.1 Å². The number of hydrogen-bond acceptors (Lipinski definition) is 7. The molecule has 0 aliphatic rings. The number of benzene rings is 1. The Morgan fingerprint density at radius 3 is 2.62 bits per heavy atom. The van der Waals surface area contributed by atoms with Crippen molar-refractivity contribution in [1.82, 2.24) is 10.2 Å². The molecular weight excluding hydrogens is 300 g/mol. The first-order valence-corrected chi connectivity index (χ1v) is 7.42. The Morgan fingerprint density at radius 2 is 2.10 bits per heavy atom. The first kappa shape index (κ1) is 15.0. The average molecular weight is 312 g/mol. The first-order chi connectivity index (χ1) is 9.83. The van der Waals surface area contributed by atoms with Crippen LogP contribution in [-0.4, -0.2) is 36.8 Å². The van der Waals surface area contributed by atoms with Gasteiger partial charge in [0, 0.05) is 6.92 Å². The van der Waals surface area contributed by atoms with Gasteiger partial charge in [-0.25, -0.2) is 13.2 Å². The van der Waals surface area contributed by atoms with Crippen molar-refractivity contribution in [2.75, 3.05) is 7.11 Å². The number of carbonyl (C=O) groups is 1. The Morgan fingerprint density at radius 1 is 1.38 bits per heavy atom. The van der Waals surface area contributed by atoms with Crippen LogP contribution in [0.25, 0.3) is 0 Å². The molecule has 2 rings (SSSR count). The van der Waals surface area contributed by atoms with Gasteiger partial charge in [0.25, 0.3) is 0 Å². The lowest BCUT2D eigenvalue weighted by molar-refractivity contribution is 0.0693. The van der Waals surface area contributed by atoms with Gasteiger partial charge in [0.15, 0.2) is 9.84 Å². The predicted molar refractivity (Wildman–Crippen MR) is 69.9 cm³/mol. The number of sulfone groups is 1. The Balaban J connectivity index is 2.40. The van der Waals surface area contributed by atoms with Crippen molar-refractivity contribution in [2.45, 2.75) is 17.6 Å². The monoisotopic (exact) mass is 312 g/mol. The molecule has 0 saturated carbocycles. The van der Waals surface area contributed by atoms with Crippen LogP contribution in [0.5, 0.6) is 5.75 Å². The van der Waals surface area contributed by atoms with Crippen molar-refractivity contribution in [2.24, 2.45) is 0 Å². The SMILES string of the molecule is COc1ccc(S(=O)(=O)Cc2nnc(C)o2)cc1C(=O)O. The van der Waals surface area contributed by atoms with Crippen LogP contribution in [-0.2, 0) is 15.6 Å². The summed E-state index contributed by atoms with van der Waals surface area (Å²) in [6, 6.07) is 3.60. The van der Waals surface area contributed by atoms with E-state index in [1.807, 2.05) is 0 Å². The van der Waals surface area contributed by atoms with Gasteiger partial charge < -0.3 is 14.3 Å². The Hall–Kier alpha value is -2.42. The topological polar surface area (TPSA) is 120 Å². The number of carboxylic acids is 1. The highest BCUT2D eigenvalue weighted by atomic mass is 32.2. The number of ether oxygens (including phenoxy) is 1. The van der Waals surface area contributed by atoms with Crippen LogP contribution in [0.3, 0.4) is 0 Å². The smallest absolute Gasteiger partial charge is 0.339 e. The molecule has 0 aliphatic carbocycles. The summed E-state index contributed by atoms with van der Waals surface area (Å²) < 4.78 is 34.3. The third-order valence-electron chi connectivity index (χ3n) is 2.64. The molecule has 112 valence electrons. The molecule has 0 atom stereocenters. The predicted octanol–water partition coefficient (Wildman–Crippen LogP) is 1.06. The molecule has 21 heavy (non-hydrogen) atoms. The Kier molecular flexibility index (Phi) is 3.94. The molecule has 0 radical (unpaired) electrons. The lowest BCUT2D eigenvalue weighted by atomic mass is 10.2. The molecule has 0 fully saturated rings. The van der Waals surface area contributed by atoms with E-state index >= 15 is 0 Å². The average Bonchev–Trinajstić information content (AvgIpc) is 2.82. The van der Waals surface area contributed by atoms with Crippen LogP contribution in [0.1, 0.15) is 22.1 Å². The summed E-state index contributed by atoms with van der Waals surface area (Å²) >= 11 is 0. The van der Waals surface area contributed by atoms with Crippen LogP contribution in [0.2, 0.25) is 0 Å². The number of rotatable bonds is 5. The van der Waals surface area contributed by atoms with Crippen molar-refractivity contribution < 1.29 is 27.5 Å². The number of aromatic carboxylic acids is 1. The maximum absolute atomic E-state index is 12.2. The second-order valence-electron chi connectivity index (χ2n) is 4.14. The summed E-state index contributed by atoms with van der Waals surface area (Å²) in [4.78, 5) is 10.9. The summed E-state index contributed by atoms with van der Waals surface area (Å²) in [6.07, 6.45) is 0. The van der Waals surface area contributed by atoms with Crippen LogP contribution in [0.15, 0.2) is 27.5 Å². The zero-order chi connectivity index (χ0) is 15.6. The summed E-state index contributed by atoms with van der Waals surface area (Å²) in [5.74, 6) is -1.51. The van der Waals surface area contributed by atoms with Gasteiger partial charge in [-0.1, -0.05) is 0 Å². The van der Waals surface area contributed by atoms with Gasteiger partial charge in [0.05, 0.1) is 12.0 Å².